The minimum Gasteiger partial charge on any atom is -0.481 e. The summed E-state index contributed by atoms with van der Waals surface area (Å²) >= 11 is 0. The summed E-state index contributed by atoms with van der Waals surface area (Å²) in [6.45, 7) is 2.49. The lowest BCUT2D eigenvalue weighted by Crippen LogP contribution is -2.24. The maximum Gasteiger partial charge on any atom is 0.475 e. The molecule has 0 saturated heterocycles. The molecule has 0 rings (SSSR count). The topological polar surface area (TPSA) is 147 Å². The van der Waals surface area contributed by atoms with Gasteiger partial charge in [-0.15, -0.1) is 0 Å². The van der Waals surface area contributed by atoms with Crippen molar-refractivity contribution in [3.8, 4) is 0 Å². The summed E-state index contributed by atoms with van der Waals surface area (Å²) in [6, 6.07) is 0. The fourth-order valence-corrected chi connectivity index (χ4v) is 4.47. The van der Waals surface area contributed by atoms with Crippen molar-refractivity contribution in [1.82, 2.24) is 0 Å². The van der Waals surface area contributed by atoms with Crippen LogP contribution in [0.3, 0.4) is 0 Å². The molecule has 96 valence electrons. The van der Waals surface area contributed by atoms with E-state index in [1.54, 1.807) is 0 Å². The summed E-state index contributed by atoms with van der Waals surface area (Å²) in [4.78, 5) is 27.7. The number of nitrogens with two attached hydrogens (primary N) is 1. The second-order valence-electron chi connectivity index (χ2n) is 3.46. The molecule has 3 unspecified atom stereocenters. The van der Waals surface area contributed by atoms with Gasteiger partial charge in [0.15, 0.2) is 0 Å². The zero-order valence-corrected chi connectivity index (χ0v) is 10.6. The second kappa shape index (κ2) is 5.40. The molecule has 5 N–H and O–H groups in total. The molecule has 10 heteroatoms. The highest BCUT2D eigenvalue weighted by Crippen LogP contribution is 2.62. The van der Waals surface area contributed by atoms with E-state index in [0.29, 0.717) is 0 Å². The summed E-state index contributed by atoms with van der Waals surface area (Å²) in [5.74, 6) is -3.46. The van der Waals surface area contributed by atoms with Crippen LogP contribution in [-0.2, 0) is 18.2 Å². The zero-order valence-electron chi connectivity index (χ0n) is 8.81. The lowest BCUT2D eigenvalue weighted by atomic mass is 10.2. The van der Waals surface area contributed by atoms with E-state index < -0.39 is 39.0 Å². The number of rotatable bonds is 6. The second-order valence-corrected chi connectivity index (χ2v) is 7.73. The van der Waals surface area contributed by atoms with Gasteiger partial charge in [0.25, 0.3) is 0 Å². The molecule has 16 heavy (non-hydrogen) atoms. The first-order valence-electron chi connectivity index (χ1n) is 4.32. The highest BCUT2D eigenvalue weighted by Gasteiger charge is 2.38. The highest BCUT2D eigenvalue weighted by atomic mass is 31.3. The maximum absolute atomic E-state index is 11.9. The Balaban J connectivity index is 4.93. The van der Waals surface area contributed by atoms with Crippen LogP contribution in [-0.4, -0.2) is 32.8 Å². The molecule has 0 saturated carbocycles. The van der Waals surface area contributed by atoms with E-state index in [1.165, 1.54) is 13.8 Å². The van der Waals surface area contributed by atoms with Crippen molar-refractivity contribution in [2.24, 2.45) is 11.7 Å². The molecule has 8 nitrogen and oxygen atoms in total. The van der Waals surface area contributed by atoms with Crippen molar-refractivity contribution in [2.75, 3.05) is 6.16 Å². The molecular weight excluding hydrogens is 260 g/mol. The third-order valence-electron chi connectivity index (χ3n) is 1.82. The highest BCUT2D eigenvalue weighted by molar-refractivity contribution is 7.67. The van der Waals surface area contributed by atoms with Crippen LogP contribution in [0, 0.1) is 5.92 Å². The Morgan fingerprint density at radius 2 is 1.81 bits per heavy atom. The Labute approximate surface area is 92.5 Å². The van der Waals surface area contributed by atoms with Gasteiger partial charge in [0.2, 0.25) is 7.37 Å². The standard InChI is InChI=1S/C6H15NO7P2/c1-4(6(8)9)3-15(10,5(2)7)14-16(11,12)13/h4-5H,3,7H2,1-2H3,(H,8,9)(H2,11,12,13). The molecule has 0 fully saturated rings. The molecule has 0 spiro atoms. The fraction of sp³-hybridized carbons (Fsp3) is 0.833. The lowest BCUT2D eigenvalue weighted by molar-refractivity contribution is -0.140. The Morgan fingerprint density at radius 1 is 1.38 bits per heavy atom. The van der Waals surface area contributed by atoms with E-state index in [1.807, 2.05) is 0 Å². The summed E-state index contributed by atoms with van der Waals surface area (Å²) in [5, 5.41) is 8.61. The minimum atomic E-state index is -4.96. The number of carboxylic acid groups (broad SMARTS) is 1. The summed E-state index contributed by atoms with van der Waals surface area (Å²) in [7, 11) is -8.85. The average molecular weight is 275 g/mol. The number of phosphoric acid groups is 1. The molecule has 0 aliphatic rings. The van der Waals surface area contributed by atoms with E-state index in [2.05, 4.69) is 4.31 Å². The average Bonchev–Trinajstić information content (AvgIpc) is 1.99. The number of hydrogen-bond acceptors (Lipinski definition) is 5. The van der Waals surface area contributed by atoms with Crippen LogP contribution in [0.1, 0.15) is 13.8 Å². The van der Waals surface area contributed by atoms with Crippen LogP contribution < -0.4 is 5.73 Å². The molecule has 0 aliphatic carbocycles. The van der Waals surface area contributed by atoms with Crippen molar-refractivity contribution in [3.63, 3.8) is 0 Å². The number of carbonyl (C=O) groups is 1. The molecule has 0 heterocycles. The van der Waals surface area contributed by atoms with Gasteiger partial charge < -0.3 is 20.6 Å². The van der Waals surface area contributed by atoms with Crippen molar-refractivity contribution in [2.45, 2.75) is 19.6 Å². The van der Waals surface area contributed by atoms with Gasteiger partial charge in [0.05, 0.1) is 11.7 Å². The molecular formula is C6H15NO7P2. The largest absolute Gasteiger partial charge is 0.481 e. The molecule has 0 aliphatic heterocycles. The molecule has 3 atom stereocenters. The Bertz CT molecular complexity index is 349. The molecule has 0 aromatic rings. The van der Waals surface area contributed by atoms with Crippen LogP contribution >= 0.6 is 15.2 Å². The van der Waals surface area contributed by atoms with E-state index in [9.17, 15) is 13.9 Å². The molecule has 0 aromatic heterocycles. The van der Waals surface area contributed by atoms with Crippen molar-refractivity contribution in [3.05, 3.63) is 0 Å². The molecule has 0 radical (unpaired) electrons. The predicted molar refractivity (Wildman–Crippen MR) is 56.1 cm³/mol. The van der Waals surface area contributed by atoms with E-state index in [0.717, 1.165) is 0 Å². The zero-order chi connectivity index (χ0) is 13.1. The monoisotopic (exact) mass is 275 g/mol. The van der Waals surface area contributed by atoms with Gasteiger partial charge in [0, 0.05) is 6.16 Å². The van der Waals surface area contributed by atoms with E-state index in [-0.39, 0.29) is 0 Å². The normalized spacial score (nSPS) is 19.8. The Kier molecular flexibility index (Phi) is 5.32. The lowest BCUT2D eigenvalue weighted by Gasteiger charge is -2.23. The van der Waals surface area contributed by atoms with Gasteiger partial charge in [-0.25, -0.2) is 8.88 Å². The smallest absolute Gasteiger partial charge is 0.475 e. The van der Waals surface area contributed by atoms with Crippen LogP contribution in [0.4, 0.5) is 0 Å². The van der Waals surface area contributed by atoms with Gasteiger partial charge in [-0.1, -0.05) is 6.92 Å². The van der Waals surface area contributed by atoms with Gasteiger partial charge in [-0.2, -0.15) is 0 Å². The van der Waals surface area contributed by atoms with Crippen molar-refractivity contribution >= 4 is 21.2 Å². The van der Waals surface area contributed by atoms with E-state index >= 15 is 0 Å². The third-order valence-corrected chi connectivity index (χ3v) is 6.07. The van der Waals surface area contributed by atoms with Gasteiger partial charge in [-0.05, 0) is 6.92 Å². The first kappa shape index (κ1) is 15.8. The number of hydrogen-bond donors (Lipinski definition) is 4. The minimum absolute atomic E-state index is 0.523. The van der Waals surface area contributed by atoms with Crippen LogP contribution in [0.25, 0.3) is 0 Å². The molecule has 0 aromatic carbocycles. The molecule has 0 bridgehead atoms. The summed E-state index contributed by atoms with van der Waals surface area (Å²) < 4.78 is 26.7. The van der Waals surface area contributed by atoms with Gasteiger partial charge in [0.1, 0.15) is 0 Å². The number of aliphatic carboxylic acids is 1. The fourth-order valence-electron chi connectivity index (χ4n) is 0.914. The Hall–Kier alpha value is -0.230. The first-order valence-corrected chi connectivity index (χ1v) is 7.73. The first-order chi connectivity index (χ1) is 6.98. The number of carboxylic acids is 1. The maximum atomic E-state index is 11.9. The van der Waals surface area contributed by atoms with Gasteiger partial charge >= 0.3 is 13.8 Å². The van der Waals surface area contributed by atoms with E-state index in [4.69, 9.17) is 20.6 Å². The van der Waals surface area contributed by atoms with Crippen LogP contribution in [0.2, 0.25) is 0 Å². The summed E-state index contributed by atoms with van der Waals surface area (Å²) in [5.41, 5.74) is 5.30. The Morgan fingerprint density at radius 3 is 2.06 bits per heavy atom. The van der Waals surface area contributed by atoms with Crippen LogP contribution in [0.15, 0.2) is 0 Å². The van der Waals surface area contributed by atoms with Crippen molar-refractivity contribution in [1.29, 1.82) is 0 Å². The van der Waals surface area contributed by atoms with Crippen molar-refractivity contribution < 1.29 is 33.1 Å². The molecule has 0 amide bonds. The summed E-state index contributed by atoms with van der Waals surface area (Å²) in [6.07, 6.45) is -0.523. The van der Waals surface area contributed by atoms with Crippen LogP contribution in [0.5, 0.6) is 0 Å². The SMILES string of the molecule is CC(CP(=O)(OP(=O)(O)O)C(C)N)C(=O)O. The third kappa shape index (κ3) is 5.21. The van der Waals surface area contributed by atoms with Gasteiger partial charge in [-0.3, -0.25) is 9.36 Å². The predicted octanol–water partition coefficient (Wildman–Crippen LogP) is 0.399. The quantitative estimate of drug-likeness (QED) is 0.509.